The predicted octanol–water partition coefficient (Wildman–Crippen LogP) is 4.81. The van der Waals surface area contributed by atoms with Gasteiger partial charge in [-0.15, -0.1) is 0 Å². The SMILES string of the molecule is C=CC1=C(C)/C(=C/C=C/C)CC(C)(C)C1. The molecule has 15 heavy (non-hydrogen) atoms. The van der Waals surface area contributed by atoms with Gasteiger partial charge < -0.3 is 0 Å². The maximum atomic E-state index is 3.91. The van der Waals surface area contributed by atoms with E-state index in [4.69, 9.17) is 0 Å². The van der Waals surface area contributed by atoms with Crippen LogP contribution in [-0.4, -0.2) is 0 Å². The molecule has 0 unspecified atom stereocenters. The molecule has 0 spiro atoms. The standard InChI is InChI=1S/C15H22/c1-6-8-9-14-11-15(4,5)10-13(7-2)12(14)3/h6-9H,2,10-11H2,1,3-5H3/b8-6+,14-9+. The normalized spacial score (nSPS) is 23.9. The van der Waals surface area contributed by atoms with E-state index in [2.05, 4.69) is 52.5 Å². The average molecular weight is 202 g/mol. The van der Waals surface area contributed by atoms with Crippen molar-refractivity contribution in [3.63, 3.8) is 0 Å². The third kappa shape index (κ3) is 2.95. The van der Waals surface area contributed by atoms with E-state index in [0.29, 0.717) is 5.41 Å². The summed E-state index contributed by atoms with van der Waals surface area (Å²) in [6.45, 7) is 12.8. The van der Waals surface area contributed by atoms with Gasteiger partial charge in [0.05, 0.1) is 0 Å². The monoisotopic (exact) mass is 202 g/mol. The van der Waals surface area contributed by atoms with Crippen LogP contribution in [0.3, 0.4) is 0 Å². The lowest BCUT2D eigenvalue weighted by Gasteiger charge is -2.33. The van der Waals surface area contributed by atoms with Gasteiger partial charge in [0.25, 0.3) is 0 Å². The van der Waals surface area contributed by atoms with Crippen LogP contribution in [0, 0.1) is 5.41 Å². The Morgan fingerprint density at radius 2 is 1.93 bits per heavy atom. The molecule has 0 radical (unpaired) electrons. The van der Waals surface area contributed by atoms with Crippen LogP contribution in [0.4, 0.5) is 0 Å². The van der Waals surface area contributed by atoms with Gasteiger partial charge in [-0.05, 0) is 48.8 Å². The molecular formula is C15H22. The summed E-state index contributed by atoms with van der Waals surface area (Å²) in [5, 5.41) is 0. The molecule has 1 aliphatic carbocycles. The molecule has 0 bridgehead atoms. The highest BCUT2D eigenvalue weighted by Crippen LogP contribution is 2.41. The highest BCUT2D eigenvalue weighted by Gasteiger charge is 2.26. The lowest BCUT2D eigenvalue weighted by molar-refractivity contribution is 0.351. The highest BCUT2D eigenvalue weighted by atomic mass is 14.3. The van der Waals surface area contributed by atoms with Crippen LogP contribution in [0.5, 0.6) is 0 Å². The molecule has 82 valence electrons. The van der Waals surface area contributed by atoms with Gasteiger partial charge in [-0.1, -0.05) is 44.7 Å². The molecule has 0 aromatic carbocycles. The second-order valence-electron chi connectivity index (χ2n) is 5.09. The van der Waals surface area contributed by atoms with Crippen LogP contribution in [0.15, 0.2) is 47.6 Å². The third-order valence-electron chi connectivity index (χ3n) is 3.04. The molecule has 0 heteroatoms. The molecule has 1 rings (SSSR count). The fraction of sp³-hybridized carbons (Fsp3) is 0.467. The number of hydrogen-bond donors (Lipinski definition) is 0. The lowest BCUT2D eigenvalue weighted by Crippen LogP contribution is -2.19. The second kappa shape index (κ2) is 4.65. The van der Waals surface area contributed by atoms with Gasteiger partial charge in [0, 0.05) is 0 Å². The van der Waals surface area contributed by atoms with E-state index in [1.165, 1.54) is 23.1 Å². The summed E-state index contributed by atoms with van der Waals surface area (Å²) in [5.74, 6) is 0. The zero-order valence-corrected chi connectivity index (χ0v) is 10.4. The summed E-state index contributed by atoms with van der Waals surface area (Å²) in [6, 6.07) is 0. The number of hydrogen-bond acceptors (Lipinski definition) is 0. The van der Waals surface area contributed by atoms with Crippen molar-refractivity contribution in [2.75, 3.05) is 0 Å². The van der Waals surface area contributed by atoms with Crippen molar-refractivity contribution in [2.24, 2.45) is 5.41 Å². The maximum Gasteiger partial charge on any atom is -0.0221 e. The molecule has 0 atom stereocenters. The predicted molar refractivity (Wildman–Crippen MR) is 68.8 cm³/mol. The third-order valence-corrected chi connectivity index (χ3v) is 3.04. The first kappa shape index (κ1) is 12.0. The number of allylic oxidation sites excluding steroid dienone is 7. The Labute approximate surface area is 94.1 Å². The Morgan fingerprint density at radius 3 is 2.47 bits per heavy atom. The molecule has 0 saturated heterocycles. The summed E-state index contributed by atoms with van der Waals surface area (Å²) >= 11 is 0. The van der Waals surface area contributed by atoms with E-state index in [-0.39, 0.29) is 0 Å². The maximum absolute atomic E-state index is 3.91. The summed E-state index contributed by atoms with van der Waals surface area (Å²) in [7, 11) is 0. The van der Waals surface area contributed by atoms with Crippen LogP contribution >= 0.6 is 0 Å². The van der Waals surface area contributed by atoms with Gasteiger partial charge in [-0.2, -0.15) is 0 Å². The molecule has 0 aromatic rings. The first-order chi connectivity index (χ1) is 7.00. The zero-order valence-electron chi connectivity index (χ0n) is 10.4. The Balaban J connectivity index is 3.12. The molecule has 0 aliphatic heterocycles. The highest BCUT2D eigenvalue weighted by molar-refractivity contribution is 5.43. The molecule has 0 nitrogen and oxygen atoms in total. The van der Waals surface area contributed by atoms with Gasteiger partial charge in [0.2, 0.25) is 0 Å². The van der Waals surface area contributed by atoms with E-state index in [1.807, 2.05) is 6.08 Å². The van der Waals surface area contributed by atoms with Crippen molar-refractivity contribution in [3.05, 3.63) is 47.6 Å². The van der Waals surface area contributed by atoms with E-state index >= 15 is 0 Å². The Hall–Kier alpha value is -1.04. The molecule has 0 amide bonds. The smallest absolute Gasteiger partial charge is 0.0221 e. The van der Waals surface area contributed by atoms with E-state index < -0.39 is 0 Å². The topological polar surface area (TPSA) is 0 Å². The fourth-order valence-electron chi connectivity index (χ4n) is 2.19. The molecule has 1 aliphatic rings. The van der Waals surface area contributed by atoms with Crippen molar-refractivity contribution in [2.45, 2.75) is 40.5 Å². The van der Waals surface area contributed by atoms with Gasteiger partial charge in [-0.25, -0.2) is 0 Å². The van der Waals surface area contributed by atoms with Crippen molar-refractivity contribution in [1.82, 2.24) is 0 Å². The van der Waals surface area contributed by atoms with Crippen molar-refractivity contribution >= 4 is 0 Å². The molecule has 0 saturated carbocycles. The minimum Gasteiger partial charge on any atom is -0.0988 e. The first-order valence-electron chi connectivity index (χ1n) is 5.64. The van der Waals surface area contributed by atoms with Crippen LogP contribution in [0.25, 0.3) is 0 Å². The van der Waals surface area contributed by atoms with E-state index in [0.717, 1.165) is 6.42 Å². The summed E-state index contributed by atoms with van der Waals surface area (Å²) in [6.07, 6.45) is 10.8. The van der Waals surface area contributed by atoms with Gasteiger partial charge >= 0.3 is 0 Å². The van der Waals surface area contributed by atoms with Crippen LogP contribution < -0.4 is 0 Å². The summed E-state index contributed by atoms with van der Waals surface area (Å²) < 4.78 is 0. The Kier molecular flexibility index (Phi) is 3.73. The summed E-state index contributed by atoms with van der Waals surface area (Å²) in [5.41, 5.74) is 4.65. The molecule has 0 N–H and O–H groups in total. The first-order valence-corrected chi connectivity index (χ1v) is 5.64. The Morgan fingerprint density at radius 1 is 1.27 bits per heavy atom. The van der Waals surface area contributed by atoms with Gasteiger partial charge in [-0.3, -0.25) is 0 Å². The molecule has 0 heterocycles. The number of rotatable bonds is 2. The zero-order chi connectivity index (χ0) is 11.5. The molecule has 0 fully saturated rings. The minimum absolute atomic E-state index is 0.371. The van der Waals surface area contributed by atoms with E-state index in [9.17, 15) is 0 Å². The lowest BCUT2D eigenvalue weighted by atomic mass is 9.72. The van der Waals surface area contributed by atoms with Crippen molar-refractivity contribution < 1.29 is 0 Å². The second-order valence-corrected chi connectivity index (χ2v) is 5.09. The molecular weight excluding hydrogens is 180 g/mol. The largest absolute Gasteiger partial charge is 0.0988 e. The Bertz CT molecular complexity index is 335. The van der Waals surface area contributed by atoms with Crippen LogP contribution in [0.1, 0.15) is 40.5 Å². The van der Waals surface area contributed by atoms with Gasteiger partial charge in [0.1, 0.15) is 0 Å². The van der Waals surface area contributed by atoms with Gasteiger partial charge in [0.15, 0.2) is 0 Å². The van der Waals surface area contributed by atoms with Crippen LogP contribution in [-0.2, 0) is 0 Å². The minimum atomic E-state index is 0.371. The van der Waals surface area contributed by atoms with E-state index in [1.54, 1.807) is 0 Å². The average Bonchev–Trinajstić information content (AvgIpc) is 2.18. The summed E-state index contributed by atoms with van der Waals surface area (Å²) in [4.78, 5) is 0. The fourth-order valence-corrected chi connectivity index (χ4v) is 2.19. The van der Waals surface area contributed by atoms with Crippen molar-refractivity contribution in [1.29, 1.82) is 0 Å². The van der Waals surface area contributed by atoms with Crippen LogP contribution in [0.2, 0.25) is 0 Å². The van der Waals surface area contributed by atoms with Crippen molar-refractivity contribution in [3.8, 4) is 0 Å². The quantitative estimate of drug-likeness (QED) is 0.602. The molecule has 0 aromatic heterocycles.